The highest BCUT2D eigenvalue weighted by molar-refractivity contribution is 8.00. The van der Waals surface area contributed by atoms with E-state index >= 15 is 0 Å². The first-order chi connectivity index (χ1) is 12.1. The standard InChI is InChI=1S/C18H21N5OS/c1-4-12-7-6-8-13(5-2)16(12)22-15(24)10-25-18-14-9-21-23(3)17(14)19-11-20-18/h6-9,11H,4-5,10H2,1-3H3,(H,22,24). The second-order valence-corrected chi connectivity index (χ2v) is 6.64. The summed E-state index contributed by atoms with van der Waals surface area (Å²) >= 11 is 1.40. The maximum Gasteiger partial charge on any atom is 0.234 e. The van der Waals surface area contributed by atoms with Crippen molar-refractivity contribution in [2.45, 2.75) is 31.7 Å². The molecule has 6 nitrogen and oxygen atoms in total. The Bertz CT molecular complexity index is 883. The van der Waals surface area contributed by atoms with Crippen LogP contribution in [-0.2, 0) is 24.7 Å². The van der Waals surface area contributed by atoms with Gasteiger partial charge in [0.05, 0.1) is 17.3 Å². The molecule has 2 heterocycles. The van der Waals surface area contributed by atoms with Crippen molar-refractivity contribution in [1.29, 1.82) is 0 Å². The number of aromatic nitrogens is 4. The van der Waals surface area contributed by atoms with Crippen molar-refractivity contribution in [3.05, 3.63) is 41.9 Å². The van der Waals surface area contributed by atoms with E-state index in [0.717, 1.165) is 45.7 Å². The molecule has 1 aromatic carbocycles. The molecule has 3 rings (SSSR count). The lowest BCUT2D eigenvalue weighted by atomic mass is 10.0. The number of nitrogens with zero attached hydrogens (tertiary/aromatic N) is 4. The number of hydrogen-bond donors (Lipinski definition) is 1. The Morgan fingerprint density at radius 3 is 2.60 bits per heavy atom. The van der Waals surface area contributed by atoms with Gasteiger partial charge in [0.25, 0.3) is 0 Å². The van der Waals surface area contributed by atoms with Crippen molar-refractivity contribution in [2.24, 2.45) is 7.05 Å². The normalized spacial score (nSPS) is 11.0. The molecule has 2 aromatic heterocycles. The lowest BCUT2D eigenvalue weighted by Crippen LogP contribution is -2.16. The Morgan fingerprint density at radius 1 is 1.20 bits per heavy atom. The largest absolute Gasteiger partial charge is 0.325 e. The number of nitrogens with one attached hydrogen (secondary N) is 1. The van der Waals surface area contributed by atoms with E-state index in [1.165, 1.54) is 18.1 Å². The van der Waals surface area contributed by atoms with Crippen LogP contribution in [0, 0.1) is 0 Å². The number of carbonyl (C=O) groups excluding carboxylic acids is 1. The first-order valence-corrected chi connectivity index (χ1v) is 9.28. The van der Waals surface area contributed by atoms with Crippen molar-refractivity contribution >= 4 is 34.4 Å². The topological polar surface area (TPSA) is 72.7 Å². The van der Waals surface area contributed by atoms with E-state index in [4.69, 9.17) is 0 Å². The molecule has 7 heteroatoms. The molecule has 0 fully saturated rings. The maximum atomic E-state index is 12.5. The number of anilines is 1. The lowest BCUT2D eigenvalue weighted by molar-refractivity contribution is -0.113. The molecule has 0 saturated heterocycles. The molecule has 25 heavy (non-hydrogen) atoms. The van der Waals surface area contributed by atoms with Crippen LogP contribution in [0.4, 0.5) is 5.69 Å². The number of benzene rings is 1. The second kappa shape index (κ2) is 7.65. The third-order valence-corrected chi connectivity index (χ3v) is 5.10. The van der Waals surface area contributed by atoms with Crippen LogP contribution in [0.2, 0.25) is 0 Å². The fourth-order valence-corrected chi connectivity index (χ4v) is 3.53. The molecule has 0 aliphatic carbocycles. The number of amides is 1. The summed E-state index contributed by atoms with van der Waals surface area (Å²) in [4.78, 5) is 21.0. The minimum absolute atomic E-state index is 0.0312. The van der Waals surface area contributed by atoms with Gasteiger partial charge in [-0.1, -0.05) is 43.8 Å². The predicted molar refractivity (Wildman–Crippen MR) is 101 cm³/mol. The van der Waals surface area contributed by atoms with E-state index in [1.54, 1.807) is 10.9 Å². The Morgan fingerprint density at radius 2 is 1.92 bits per heavy atom. The van der Waals surface area contributed by atoms with Crippen molar-refractivity contribution in [3.8, 4) is 0 Å². The molecule has 1 amide bonds. The number of hydrogen-bond acceptors (Lipinski definition) is 5. The van der Waals surface area contributed by atoms with Gasteiger partial charge in [0, 0.05) is 12.7 Å². The minimum atomic E-state index is -0.0312. The SMILES string of the molecule is CCc1cccc(CC)c1NC(=O)CSc1ncnc2c1cnn2C. The molecule has 0 saturated carbocycles. The Kier molecular flexibility index (Phi) is 5.33. The molecule has 0 atom stereocenters. The van der Waals surface area contributed by atoms with Gasteiger partial charge in [-0.25, -0.2) is 9.97 Å². The van der Waals surface area contributed by atoms with Crippen molar-refractivity contribution in [3.63, 3.8) is 0 Å². The van der Waals surface area contributed by atoms with Gasteiger partial charge >= 0.3 is 0 Å². The van der Waals surface area contributed by atoms with Gasteiger partial charge in [0.1, 0.15) is 11.4 Å². The summed E-state index contributed by atoms with van der Waals surface area (Å²) in [5.41, 5.74) is 4.04. The van der Waals surface area contributed by atoms with Crippen LogP contribution in [0.15, 0.2) is 35.7 Å². The molecule has 3 aromatic rings. The molecule has 0 aliphatic rings. The van der Waals surface area contributed by atoms with Gasteiger partial charge in [0.2, 0.25) is 5.91 Å². The van der Waals surface area contributed by atoms with Gasteiger partial charge in [-0.15, -0.1) is 0 Å². The lowest BCUT2D eigenvalue weighted by Gasteiger charge is -2.14. The third-order valence-electron chi connectivity index (χ3n) is 4.10. The highest BCUT2D eigenvalue weighted by Gasteiger charge is 2.13. The van der Waals surface area contributed by atoms with E-state index in [2.05, 4.69) is 46.4 Å². The molecule has 0 spiro atoms. The summed E-state index contributed by atoms with van der Waals surface area (Å²) in [6.45, 7) is 4.19. The number of rotatable bonds is 6. The minimum Gasteiger partial charge on any atom is -0.325 e. The summed E-state index contributed by atoms with van der Waals surface area (Å²) in [6.07, 6.45) is 5.01. The van der Waals surface area contributed by atoms with Crippen molar-refractivity contribution < 1.29 is 4.79 Å². The Hall–Kier alpha value is -2.41. The number of carbonyl (C=O) groups is 1. The zero-order valence-corrected chi connectivity index (χ0v) is 15.4. The highest BCUT2D eigenvalue weighted by Crippen LogP contribution is 2.26. The smallest absolute Gasteiger partial charge is 0.234 e. The summed E-state index contributed by atoms with van der Waals surface area (Å²) < 4.78 is 1.70. The highest BCUT2D eigenvalue weighted by atomic mass is 32.2. The fraction of sp³-hybridized carbons (Fsp3) is 0.333. The zero-order chi connectivity index (χ0) is 17.8. The van der Waals surface area contributed by atoms with Crippen LogP contribution in [-0.4, -0.2) is 31.4 Å². The average Bonchev–Trinajstić information content (AvgIpc) is 3.02. The third kappa shape index (κ3) is 3.66. The van der Waals surface area contributed by atoms with E-state index < -0.39 is 0 Å². The number of thioether (sulfide) groups is 1. The van der Waals surface area contributed by atoms with Crippen LogP contribution in [0.5, 0.6) is 0 Å². The molecule has 0 bridgehead atoms. The van der Waals surface area contributed by atoms with E-state index in [0.29, 0.717) is 5.75 Å². The van der Waals surface area contributed by atoms with Crippen molar-refractivity contribution in [2.75, 3.05) is 11.1 Å². The van der Waals surface area contributed by atoms with Crippen LogP contribution in [0.3, 0.4) is 0 Å². The van der Waals surface area contributed by atoms with Crippen LogP contribution < -0.4 is 5.32 Å². The molecule has 0 unspecified atom stereocenters. The predicted octanol–water partition coefficient (Wildman–Crippen LogP) is 3.22. The van der Waals surface area contributed by atoms with Crippen LogP contribution in [0.25, 0.3) is 11.0 Å². The first-order valence-electron chi connectivity index (χ1n) is 8.30. The van der Waals surface area contributed by atoms with Crippen LogP contribution >= 0.6 is 11.8 Å². The second-order valence-electron chi connectivity index (χ2n) is 5.68. The molecular weight excluding hydrogens is 334 g/mol. The summed E-state index contributed by atoms with van der Waals surface area (Å²) in [7, 11) is 1.84. The quantitative estimate of drug-likeness (QED) is 0.543. The zero-order valence-electron chi connectivity index (χ0n) is 14.6. The monoisotopic (exact) mass is 355 g/mol. The van der Waals surface area contributed by atoms with E-state index in [1.807, 2.05) is 13.1 Å². The van der Waals surface area contributed by atoms with Gasteiger partial charge < -0.3 is 5.32 Å². The number of para-hydroxylation sites is 1. The first kappa shape index (κ1) is 17.4. The summed E-state index contributed by atoms with van der Waals surface area (Å²) in [5.74, 6) is 0.263. The fourth-order valence-electron chi connectivity index (χ4n) is 2.77. The number of fused-ring (bicyclic) bond motifs is 1. The van der Waals surface area contributed by atoms with Gasteiger partial charge in [-0.05, 0) is 24.0 Å². The van der Waals surface area contributed by atoms with Gasteiger partial charge in [0.15, 0.2) is 5.65 Å². The molecule has 0 aliphatic heterocycles. The van der Waals surface area contributed by atoms with E-state index in [9.17, 15) is 4.79 Å². The molecule has 130 valence electrons. The average molecular weight is 355 g/mol. The molecule has 0 radical (unpaired) electrons. The Balaban J connectivity index is 1.73. The van der Waals surface area contributed by atoms with Gasteiger partial charge in [-0.2, -0.15) is 5.10 Å². The van der Waals surface area contributed by atoms with Crippen molar-refractivity contribution in [1.82, 2.24) is 19.7 Å². The maximum absolute atomic E-state index is 12.5. The van der Waals surface area contributed by atoms with E-state index in [-0.39, 0.29) is 5.91 Å². The van der Waals surface area contributed by atoms with Gasteiger partial charge in [-0.3, -0.25) is 9.48 Å². The number of aryl methyl sites for hydroxylation is 3. The molecule has 1 N–H and O–H groups in total. The molecular formula is C18H21N5OS. The summed E-state index contributed by atoms with van der Waals surface area (Å²) in [6, 6.07) is 6.17. The van der Waals surface area contributed by atoms with Crippen LogP contribution in [0.1, 0.15) is 25.0 Å². The summed E-state index contributed by atoms with van der Waals surface area (Å²) in [5, 5.41) is 8.92. The Labute approximate surface area is 151 Å².